The molecule has 0 saturated carbocycles. The van der Waals surface area contributed by atoms with E-state index in [0.717, 1.165) is 0 Å². The molecule has 0 fully saturated rings. The summed E-state index contributed by atoms with van der Waals surface area (Å²) in [5.41, 5.74) is 0.431. The molecule has 0 atom stereocenters. The summed E-state index contributed by atoms with van der Waals surface area (Å²) in [6, 6.07) is 5.36. The Labute approximate surface area is 110 Å². The van der Waals surface area contributed by atoms with E-state index in [4.69, 9.17) is 5.11 Å². The topological polar surface area (TPSA) is 98.7 Å². The fraction of sp³-hybridized carbons (Fsp3) is 0.250. The molecule has 0 aliphatic carbocycles. The Hall–Kier alpha value is -2.57. The summed E-state index contributed by atoms with van der Waals surface area (Å²) in [6.45, 7) is -0.0824. The van der Waals surface area contributed by atoms with E-state index in [1.54, 1.807) is 6.07 Å². The van der Waals surface area contributed by atoms with Gasteiger partial charge in [-0.25, -0.2) is 9.59 Å². The highest BCUT2D eigenvalue weighted by atomic mass is 16.4. The normalized spacial score (nSPS) is 9.58. The molecule has 3 amide bonds. The highest BCUT2D eigenvalue weighted by Crippen LogP contribution is 2.11. The largest absolute Gasteiger partial charge is 0.478 e. The molecule has 0 aliphatic rings. The van der Waals surface area contributed by atoms with Crippen LogP contribution in [0.5, 0.6) is 0 Å². The summed E-state index contributed by atoms with van der Waals surface area (Å²) < 4.78 is 0. The van der Waals surface area contributed by atoms with Crippen LogP contribution in [0.1, 0.15) is 10.4 Å². The lowest BCUT2D eigenvalue weighted by Gasteiger charge is -2.17. The summed E-state index contributed by atoms with van der Waals surface area (Å²) in [6.07, 6.45) is 0. The van der Waals surface area contributed by atoms with Crippen molar-refractivity contribution < 1.29 is 19.5 Å². The summed E-state index contributed by atoms with van der Waals surface area (Å²) in [5, 5.41) is 13.7. The molecule has 3 N–H and O–H groups in total. The van der Waals surface area contributed by atoms with Crippen LogP contribution in [0.3, 0.4) is 0 Å². The van der Waals surface area contributed by atoms with Crippen LogP contribution in [0, 0.1) is 0 Å². The van der Waals surface area contributed by atoms with Gasteiger partial charge in [-0.1, -0.05) is 6.07 Å². The molecule has 0 unspecified atom stereocenters. The van der Waals surface area contributed by atoms with Gasteiger partial charge in [-0.05, 0) is 18.2 Å². The SMILES string of the molecule is CNC(=O)CN(C)C(=O)Nc1cccc(C(=O)O)c1. The molecule has 1 aromatic rings. The molecule has 19 heavy (non-hydrogen) atoms. The van der Waals surface area contributed by atoms with Gasteiger partial charge in [0.15, 0.2) is 0 Å². The standard InChI is InChI=1S/C12H15N3O4/c1-13-10(16)7-15(2)12(19)14-9-5-3-4-8(6-9)11(17)18/h3-6H,7H2,1-2H3,(H,13,16)(H,14,19)(H,17,18). The van der Waals surface area contributed by atoms with Crippen LogP contribution >= 0.6 is 0 Å². The zero-order valence-electron chi connectivity index (χ0n) is 10.6. The van der Waals surface area contributed by atoms with Crippen LogP contribution in [0.4, 0.5) is 10.5 Å². The van der Waals surface area contributed by atoms with Gasteiger partial charge < -0.3 is 20.6 Å². The zero-order chi connectivity index (χ0) is 14.4. The van der Waals surface area contributed by atoms with Crippen molar-refractivity contribution in [2.75, 3.05) is 26.0 Å². The minimum absolute atomic E-state index is 0.0757. The molecular formula is C12H15N3O4. The van der Waals surface area contributed by atoms with Gasteiger partial charge in [-0.15, -0.1) is 0 Å². The minimum Gasteiger partial charge on any atom is -0.478 e. The minimum atomic E-state index is -1.07. The van der Waals surface area contributed by atoms with Gasteiger partial charge in [0.05, 0.1) is 5.56 Å². The molecule has 1 aromatic carbocycles. The van der Waals surface area contributed by atoms with Gasteiger partial charge in [0.25, 0.3) is 0 Å². The number of hydrogen-bond acceptors (Lipinski definition) is 3. The highest BCUT2D eigenvalue weighted by molar-refractivity contribution is 5.94. The van der Waals surface area contributed by atoms with Crippen molar-refractivity contribution >= 4 is 23.6 Å². The number of urea groups is 1. The first kappa shape index (κ1) is 14.5. The lowest BCUT2D eigenvalue weighted by Crippen LogP contribution is -2.39. The van der Waals surface area contributed by atoms with E-state index in [1.165, 1.54) is 37.2 Å². The van der Waals surface area contributed by atoms with Gasteiger partial charge in [-0.3, -0.25) is 4.79 Å². The first-order valence-electron chi connectivity index (χ1n) is 5.50. The Morgan fingerprint density at radius 3 is 2.58 bits per heavy atom. The van der Waals surface area contributed by atoms with Crippen molar-refractivity contribution in [1.29, 1.82) is 0 Å². The molecule has 0 aromatic heterocycles. The number of carboxylic acids is 1. The van der Waals surface area contributed by atoms with Crippen molar-refractivity contribution in [2.45, 2.75) is 0 Å². The second-order valence-corrected chi connectivity index (χ2v) is 3.85. The van der Waals surface area contributed by atoms with Crippen molar-refractivity contribution in [3.63, 3.8) is 0 Å². The number of carbonyl (C=O) groups excluding carboxylic acids is 2. The molecule has 102 valence electrons. The number of carbonyl (C=O) groups is 3. The van der Waals surface area contributed by atoms with Crippen molar-refractivity contribution in [3.05, 3.63) is 29.8 Å². The average Bonchev–Trinajstić information content (AvgIpc) is 2.38. The van der Waals surface area contributed by atoms with Gasteiger partial charge in [0.1, 0.15) is 6.54 Å². The average molecular weight is 265 g/mol. The molecule has 0 bridgehead atoms. The lowest BCUT2D eigenvalue weighted by molar-refractivity contribution is -0.120. The number of rotatable bonds is 4. The fourth-order valence-corrected chi connectivity index (χ4v) is 1.32. The van der Waals surface area contributed by atoms with Crippen molar-refractivity contribution in [1.82, 2.24) is 10.2 Å². The molecule has 0 radical (unpaired) electrons. The molecule has 0 spiro atoms. The number of benzene rings is 1. The second kappa shape index (κ2) is 6.39. The number of hydrogen-bond donors (Lipinski definition) is 3. The number of likely N-dealkylation sites (N-methyl/N-ethyl adjacent to an activating group) is 2. The first-order chi connectivity index (χ1) is 8.93. The number of amides is 3. The quantitative estimate of drug-likeness (QED) is 0.742. The van der Waals surface area contributed by atoms with Gasteiger partial charge in [0, 0.05) is 19.8 Å². The number of aromatic carboxylic acids is 1. The summed E-state index contributed by atoms with van der Waals surface area (Å²) in [5.74, 6) is -1.37. The highest BCUT2D eigenvalue weighted by Gasteiger charge is 2.12. The number of anilines is 1. The number of nitrogens with one attached hydrogen (secondary N) is 2. The predicted octanol–water partition coefficient (Wildman–Crippen LogP) is 0.594. The Morgan fingerprint density at radius 2 is 2.00 bits per heavy atom. The van der Waals surface area contributed by atoms with E-state index < -0.39 is 12.0 Å². The summed E-state index contributed by atoms with van der Waals surface area (Å²) in [4.78, 5) is 34.8. The maximum atomic E-state index is 11.7. The Balaban J connectivity index is 2.68. The van der Waals surface area contributed by atoms with Crippen LogP contribution in [0.25, 0.3) is 0 Å². The maximum Gasteiger partial charge on any atom is 0.335 e. The van der Waals surface area contributed by atoms with E-state index >= 15 is 0 Å². The van der Waals surface area contributed by atoms with Gasteiger partial charge in [0.2, 0.25) is 5.91 Å². The number of carboxylic acid groups (broad SMARTS) is 1. The van der Waals surface area contributed by atoms with Crippen LogP contribution in [0.2, 0.25) is 0 Å². The second-order valence-electron chi connectivity index (χ2n) is 3.85. The van der Waals surface area contributed by atoms with E-state index in [-0.39, 0.29) is 18.0 Å². The predicted molar refractivity (Wildman–Crippen MR) is 69.1 cm³/mol. The first-order valence-corrected chi connectivity index (χ1v) is 5.50. The van der Waals surface area contributed by atoms with Crippen LogP contribution in [0.15, 0.2) is 24.3 Å². The molecule has 0 saturated heterocycles. The third kappa shape index (κ3) is 4.30. The zero-order valence-corrected chi connectivity index (χ0v) is 10.6. The third-order valence-electron chi connectivity index (χ3n) is 2.37. The van der Waals surface area contributed by atoms with E-state index in [9.17, 15) is 14.4 Å². The van der Waals surface area contributed by atoms with Gasteiger partial charge in [-0.2, -0.15) is 0 Å². The Bertz CT molecular complexity index is 502. The van der Waals surface area contributed by atoms with Gasteiger partial charge >= 0.3 is 12.0 Å². The monoisotopic (exact) mass is 265 g/mol. The van der Waals surface area contributed by atoms with E-state index in [0.29, 0.717) is 5.69 Å². The van der Waals surface area contributed by atoms with Crippen LogP contribution in [-0.4, -0.2) is 48.6 Å². The third-order valence-corrected chi connectivity index (χ3v) is 2.37. The number of nitrogens with zero attached hydrogens (tertiary/aromatic N) is 1. The van der Waals surface area contributed by atoms with Crippen LogP contribution < -0.4 is 10.6 Å². The molecule has 7 heteroatoms. The van der Waals surface area contributed by atoms with Crippen molar-refractivity contribution in [2.24, 2.45) is 0 Å². The molecule has 0 heterocycles. The molecule has 7 nitrogen and oxygen atoms in total. The molecule has 1 rings (SSSR count). The Kier molecular flexibility index (Phi) is 4.87. The van der Waals surface area contributed by atoms with E-state index in [1.807, 2.05) is 0 Å². The maximum absolute atomic E-state index is 11.7. The van der Waals surface area contributed by atoms with E-state index in [2.05, 4.69) is 10.6 Å². The smallest absolute Gasteiger partial charge is 0.335 e. The molecular weight excluding hydrogens is 250 g/mol. The van der Waals surface area contributed by atoms with Crippen LogP contribution in [-0.2, 0) is 4.79 Å². The molecule has 0 aliphatic heterocycles. The fourth-order valence-electron chi connectivity index (χ4n) is 1.32. The summed E-state index contributed by atoms with van der Waals surface area (Å²) >= 11 is 0. The summed E-state index contributed by atoms with van der Waals surface area (Å²) in [7, 11) is 2.94. The lowest BCUT2D eigenvalue weighted by atomic mass is 10.2. The van der Waals surface area contributed by atoms with Crippen molar-refractivity contribution in [3.8, 4) is 0 Å². The Morgan fingerprint density at radius 1 is 1.32 bits per heavy atom.